The lowest BCUT2D eigenvalue weighted by Crippen LogP contribution is -2.24. The van der Waals surface area contributed by atoms with E-state index < -0.39 is 6.72 Å². The summed E-state index contributed by atoms with van der Waals surface area (Å²) in [7, 11) is 1.31. The van der Waals surface area contributed by atoms with Crippen molar-refractivity contribution in [3.05, 3.63) is 11.8 Å². The molecule has 0 aliphatic carbocycles. The standard InChI is InChI=1S/C10H18N3O3PS/c1-5-13(6-2)10-11-8(3)7-9(12-10)16-17(14,18)15-4/h7H,5-6H2,1-4H3,(H,14,18). The Labute approximate surface area is 112 Å². The second kappa shape index (κ2) is 6.43. The Morgan fingerprint density at radius 2 is 2.00 bits per heavy atom. The van der Waals surface area contributed by atoms with E-state index in [1.165, 1.54) is 7.11 Å². The van der Waals surface area contributed by atoms with E-state index in [1.807, 2.05) is 25.7 Å². The van der Waals surface area contributed by atoms with Crippen molar-refractivity contribution in [3.63, 3.8) is 0 Å². The minimum atomic E-state index is -3.26. The molecule has 1 atom stereocenters. The Kier molecular flexibility index (Phi) is 5.47. The summed E-state index contributed by atoms with van der Waals surface area (Å²) in [6, 6.07) is 1.61. The smallest absolute Gasteiger partial charge is 0.378 e. The molecule has 0 spiro atoms. The van der Waals surface area contributed by atoms with Crippen molar-refractivity contribution in [1.82, 2.24) is 9.97 Å². The van der Waals surface area contributed by atoms with Crippen LogP contribution in [-0.4, -0.2) is 35.1 Å². The average molecular weight is 291 g/mol. The van der Waals surface area contributed by atoms with E-state index in [4.69, 9.17) is 20.9 Å². The molecule has 0 aliphatic rings. The quantitative estimate of drug-likeness (QED) is 0.802. The van der Waals surface area contributed by atoms with Gasteiger partial charge in [-0.3, -0.25) is 0 Å². The fourth-order valence-electron chi connectivity index (χ4n) is 1.37. The molecule has 0 saturated carbocycles. The molecular weight excluding hydrogens is 273 g/mol. The molecule has 8 heteroatoms. The molecule has 1 aromatic rings. The molecule has 1 rings (SSSR count). The molecule has 0 aliphatic heterocycles. The van der Waals surface area contributed by atoms with Crippen LogP contribution < -0.4 is 9.42 Å². The van der Waals surface area contributed by atoms with Gasteiger partial charge in [0.1, 0.15) is 0 Å². The van der Waals surface area contributed by atoms with E-state index in [-0.39, 0.29) is 5.88 Å². The van der Waals surface area contributed by atoms with Gasteiger partial charge < -0.3 is 18.8 Å². The lowest BCUT2D eigenvalue weighted by Gasteiger charge is -2.20. The summed E-state index contributed by atoms with van der Waals surface area (Å²) in [5.41, 5.74) is 0.744. The monoisotopic (exact) mass is 291 g/mol. The largest absolute Gasteiger partial charge is 0.406 e. The maximum Gasteiger partial charge on any atom is 0.378 e. The third-order valence-electron chi connectivity index (χ3n) is 2.30. The van der Waals surface area contributed by atoms with E-state index in [0.717, 1.165) is 18.8 Å². The van der Waals surface area contributed by atoms with E-state index in [1.54, 1.807) is 6.07 Å². The van der Waals surface area contributed by atoms with Gasteiger partial charge in [-0.25, -0.2) is 4.98 Å². The van der Waals surface area contributed by atoms with Gasteiger partial charge in [-0.15, -0.1) is 0 Å². The van der Waals surface area contributed by atoms with Crippen LogP contribution in [0.3, 0.4) is 0 Å². The fraction of sp³-hybridized carbons (Fsp3) is 0.600. The number of hydrogen-bond acceptors (Lipinski definition) is 6. The SMILES string of the molecule is CCN(CC)c1nc(C)cc(OP(O)(=S)OC)n1. The topological polar surface area (TPSA) is 67.7 Å². The molecule has 6 nitrogen and oxygen atoms in total. The molecular formula is C10H18N3O3PS. The summed E-state index contributed by atoms with van der Waals surface area (Å²) in [5, 5.41) is 0. The van der Waals surface area contributed by atoms with Crippen molar-refractivity contribution in [2.45, 2.75) is 20.8 Å². The minimum absolute atomic E-state index is 0.233. The Bertz CT molecular complexity index is 454. The van der Waals surface area contributed by atoms with E-state index in [9.17, 15) is 4.89 Å². The van der Waals surface area contributed by atoms with Gasteiger partial charge in [0.25, 0.3) is 0 Å². The predicted molar refractivity (Wildman–Crippen MR) is 74.5 cm³/mol. The summed E-state index contributed by atoms with van der Waals surface area (Å²) >= 11 is 4.78. The Hall–Kier alpha value is -0.750. The van der Waals surface area contributed by atoms with Gasteiger partial charge >= 0.3 is 6.72 Å². The number of anilines is 1. The van der Waals surface area contributed by atoms with Crippen LogP contribution in [0.4, 0.5) is 5.95 Å². The molecule has 1 N–H and O–H groups in total. The van der Waals surface area contributed by atoms with Crippen LogP contribution in [0, 0.1) is 6.92 Å². The Morgan fingerprint density at radius 1 is 1.39 bits per heavy atom. The average Bonchev–Trinajstić information content (AvgIpc) is 2.29. The lowest BCUT2D eigenvalue weighted by molar-refractivity contribution is 0.309. The summed E-state index contributed by atoms with van der Waals surface area (Å²) < 4.78 is 9.91. The van der Waals surface area contributed by atoms with Crippen LogP contribution in [0.1, 0.15) is 19.5 Å². The normalized spacial score (nSPS) is 14.1. The zero-order valence-electron chi connectivity index (χ0n) is 11.0. The van der Waals surface area contributed by atoms with Crippen molar-refractivity contribution in [1.29, 1.82) is 0 Å². The van der Waals surface area contributed by atoms with Crippen molar-refractivity contribution in [3.8, 4) is 5.88 Å². The maximum atomic E-state index is 9.62. The van der Waals surface area contributed by atoms with Crippen molar-refractivity contribution >= 4 is 24.5 Å². The second-order valence-electron chi connectivity index (χ2n) is 3.56. The first kappa shape index (κ1) is 15.3. The molecule has 0 aromatic carbocycles. The zero-order valence-corrected chi connectivity index (χ0v) is 12.7. The molecule has 1 heterocycles. The highest BCUT2D eigenvalue weighted by Gasteiger charge is 2.17. The van der Waals surface area contributed by atoms with Crippen molar-refractivity contribution in [2.75, 3.05) is 25.1 Å². The molecule has 0 fully saturated rings. The summed E-state index contributed by atoms with van der Waals surface area (Å²) in [6.45, 7) is 4.18. The highest BCUT2D eigenvalue weighted by molar-refractivity contribution is 8.07. The van der Waals surface area contributed by atoms with Gasteiger partial charge in [-0.05, 0) is 20.8 Å². The summed E-state index contributed by atoms with van der Waals surface area (Å²) in [6.07, 6.45) is 0. The molecule has 0 amide bonds. The fourth-order valence-corrected chi connectivity index (χ4v) is 2.01. The van der Waals surface area contributed by atoms with Crippen LogP contribution in [0.25, 0.3) is 0 Å². The third-order valence-corrected chi connectivity index (χ3v) is 3.85. The predicted octanol–water partition coefficient (Wildman–Crippen LogP) is 1.87. The highest BCUT2D eigenvalue weighted by atomic mass is 32.5. The molecule has 102 valence electrons. The second-order valence-corrected chi connectivity index (χ2v) is 6.43. The zero-order chi connectivity index (χ0) is 13.8. The third kappa shape index (κ3) is 4.17. The lowest BCUT2D eigenvalue weighted by atomic mass is 10.4. The molecule has 1 aromatic heterocycles. The molecule has 0 bridgehead atoms. The van der Waals surface area contributed by atoms with Gasteiger partial charge in [0.2, 0.25) is 11.8 Å². The van der Waals surface area contributed by atoms with Crippen molar-refractivity contribution in [2.24, 2.45) is 0 Å². The molecule has 0 radical (unpaired) electrons. The van der Waals surface area contributed by atoms with Crippen LogP contribution in [0.15, 0.2) is 6.07 Å². The van der Waals surface area contributed by atoms with E-state index >= 15 is 0 Å². The number of aryl methyl sites for hydroxylation is 1. The van der Waals surface area contributed by atoms with Crippen LogP contribution in [-0.2, 0) is 16.3 Å². The minimum Gasteiger partial charge on any atom is -0.406 e. The number of aromatic nitrogens is 2. The van der Waals surface area contributed by atoms with Gasteiger partial charge in [-0.2, -0.15) is 4.98 Å². The van der Waals surface area contributed by atoms with Gasteiger partial charge in [0.05, 0.1) is 0 Å². The summed E-state index contributed by atoms with van der Waals surface area (Å²) in [4.78, 5) is 20.1. The van der Waals surface area contributed by atoms with Gasteiger partial charge in [-0.1, -0.05) is 0 Å². The Balaban J connectivity index is 3.04. The van der Waals surface area contributed by atoms with Gasteiger partial charge in [0.15, 0.2) is 0 Å². The maximum absolute atomic E-state index is 9.62. The number of hydrogen-bond donors (Lipinski definition) is 1. The van der Waals surface area contributed by atoms with Crippen LogP contribution >= 0.6 is 6.72 Å². The Morgan fingerprint density at radius 3 is 2.50 bits per heavy atom. The molecule has 0 saturated heterocycles. The molecule has 18 heavy (non-hydrogen) atoms. The number of rotatable bonds is 6. The highest BCUT2D eigenvalue weighted by Crippen LogP contribution is 2.42. The first-order valence-electron chi connectivity index (χ1n) is 5.60. The van der Waals surface area contributed by atoms with Gasteiger partial charge in [0, 0.05) is 43.8 Å². The first-order valence-corrected chi connectivity index (χ1v) is 8.19. The van der Waals surface area contributed by atoms with E-state index in [2.05, 4.69) is 9.97 Å². The van der Waals surface area contributed by atoms with Crippen LogP contribution in [0.2, 0.25) is 0 Å². The van der Waals surface area contributed by atoms with E-state index in [0.29, 0.717) is 5.95 Å². The number of nitrogens with zero attached hydrogens (tertiary/aromatic N) is 3. The first-order chi connectivity index (χ1) is 8.41. The molecule has 1 unspecified atom stereocenters. The van der Waals surface area contributed by atoms with Crippen LogP contribution in [0.5, 0.6) is 5.88 Å². The van der Waals surface area contributed by atoms with Crippen molar-refractivity contribution < 1.29 is 13.9 Å². The summed E-state index contributed by atoms with van der Waals surface area (Å²) in [5.74, 6) is 0.790.